The first-order valence-corrected chi connectivity index (χ1v) is 5.31. The lowest BCUT2D eigenvalue weighted by molar-refractivity contribution is -0.384. The number of rotatable bonds is 5. The van der Waals surface area contributed by atoms with E-state index < -0.39 is 29.6 Å². The molecule has 0 saturated heterocycles. The molecule has 0 aliphatic heterocycles. The van der Waals surface area contributed by atoms with E-state index >= 15 is 0 Å². The Labute approximate surface area is 110 Å². The molecule has 1 rings (SSSR count). The number of non-ortho nitro benzene ring substituents is 1. The van der Waals surface area contributed by atoms with Gasteiger partial charge in [-0.1, -0.05) is 0 Å². The SMILES string of the molecule is Cc1cc([N+](=O)[O-])ccc1OC(CC(=O)O)C(F)(F)F. The molecule has 0 aliphatic carbocycles. The van der Waals surface area contributed by atoms with Gasteiger partial charge in [0.1, 0.15) is 5.75 Å². The van der Waals surface area contributed by atoms with Crippen LogP contribution in [0.4, 0.5) is 18.9 Å². The zero-order valence-electron chi connectivity index (χ0n) is 10.2. The highest BCUT2D eigenvalue weighted by Crippen LogP contribution is 2.30. The number of benzene rings is 1. The minimum absolute atomic E-state index is 0.110. The van der Waals surface area contributed by atoms with Crippen molar-refractivity contribution in [2.24, 2.45) is 0 Å². The normalized spacial score (nSPS) is 12.8. The number of alkyl halides is 3. The number of halogens is 3. The molecule has 6 nitrogen and oxygen atoms in total. The summed E-state index contributed by atoms with van der Waals surface area (Å²) in [5.74, 6) is -1.91. The molecule has 1 aromatic rings. The van der Waals surface area contributed by atoms with E-state index in [0.29, 0.717) is 0 Å². The maximum atomic E-state index is 12.6. The standard InChI is InChI=1S/C11H10F3NO5/c1-6-4-7(15(18)19)2-3-8(6)20-9(5-10(16)17)11(12,13)14/h2-4,9H,5H2,1H3,(H,16,17). The van der Waals surface area contributed by atoms with E-state index in [-0.39, 0.29) is 17.0 Å². The van der Waals surface area contributed by atoms with Gasteiger partial charge in [0.05, 0.1) is 11.3 Å². The Balaban J connectivity index is 3.00. The predicted molar refractivity (Wildman–Crippen MR) is 60.6 cm³/mol. The topological polar surface area (TPSA) is 89.7 Å². The van der Waals surface area contributed by atoms with E-state index in [1.54, 1.807) is 0 Å². The number of ether oxygens (including phenoxy) is 1. The Bertz CT molecular complexity index is 529. The monoisotopic (exact) mass is 293 g/mol. The van der Waals surface area contributed by atoms with Crippen molar-refractivity contribution in [1.29, 1.82) is 0 Å². The van der Waals surface area contributed by atoms with Crippen molar-refractivity contribution >= 4 is 11.7 Å². The van der Waals surface area contributed by atoms with Crippen LogP contribution in [0.15, 0.2) is 18.2 Å². The fourth-order valence-electron chi connectivity index (χ4n) is 1.42. The first-order valence-electron chi connectivity index (χ1n) is 5.31. The number of nitrogens with zero attached hydrogens (tertiary/aromatic N) is 1. The Morgan fingerprint density at radius 3 is 2.50 bits per heavy atom. The van der Waals surface area contributed by atoms with Crippen molar-refractivity contribution in [1.82, 2.24) is 0 Å². The second-order valence-corrected chi connectivity index (χ2v) is 3.95. The van der Waals surface area contributed by atoms with E-state index in [4.69, 9.17) is 5.11 Å². The van der Waals surface area contributed by atoms with Crippen molar-refractivity contribution in [3.63, 3.8) is 0 Å². The number of carbonyl (C=O) groups is 1. The molecular formula is C11H10F3NO5. The summed E-state index contributed by atoms with van der Waals surface area (Å²) in [7, 11) is 0. The van der Waals surface area contributed by atoms with Crippen LogP contribution in [-0.4, -0.2) is 28.3 Å². The van der Waals surface area contributed by atoms with Crippen molar-refractivity contribution in [2.45, 2.75) is 25.6 Å². The zero-order valence-corrected chi connectivity index (χ0v) is 10.2. The first-order chi connectivity index (χ1) is 9.11. The van der Waals surface area contributed by atoms with Gasteiger partial charge in [0, 0.05) is 12.1 Å². The fraction of sp³-hybridized carbons (Fsp3) is 0.364. The minimum Gasteiger partial charge on any atom is -0.481 e. The molecule has 0 aliphatic rings. The van der Waals surface area contributed by atoms with Gasteiger partial charge in [-0.2, -0.15) is 13.2 Å². The van der Waals surface area contributed by atoms with E-state index in [1.807, 2.05) is 0 Å². The van der Waals surface area contributed by atoms with Crippen LogP contribution in [0.3, 0.4) is 0 Å². The lowest BCUT2D eigenvalue weighted by atomic mass is 10.2. The van der Waals surface area contributed by atoms with Crippen molar-refractivity contribution in [2.75, 3.05) is 0 Å². The molecule has 1 atom stereocenters. The number of hydrogen-bond donors (Lipinski definition) is 1. The number of carboxylic acid groups (broad SMARTS) is 1. The van der Waals surface area contributed by atoms with Crippen LogP contribution in [0.2, 0.25) is 0 Å². The molecule has 0 bridgehead atoms. The molecule has 20 heavy (non-hydrogen) atoms. The zero-order chi connectivity index (χ0) is 15.5. The number of nitro benzene ring substituents is 1. The number of aryl methyl sites for hydroxylation is 1. The summed E-state index contributed by atoms with van der Waals surface area (Å²) < 4.78 is 42.5. The molecule has 1 N–H and O–H groups in total. The molecule has 0 aromatic heterocycles. The van der Waals surface area contributed by atoms with E-state index in [0.717, 1.165) is 18.2 Å². The largest absolute Gasteiger partial charge is 0.481 e. The Morgan fingerprint density at radius 1 is 1.50 bits per heavy atom. The molecule has 0 radical (unpaired) electrons. The highest BCUT2D eigenvalue weighted by molar-refractivity contribution is 5.67. The molecule has 0 spiro atoms. The average molecular weight is 293 g/mol. The maximum absolute atomic E-state index is 12.6. The fourth-order valence-corrected chi connectivity index (χ4v) is 1.42. The Morgan fingerprint density at radius 2 is 2.10 bits per heavy atom. The highest BCUT2D eigenvalue weighted by atomic mass is 19.4. The first kappa shape index (κ1) is 15.7. The van der Waals surface area contributed by atoms with Gasteiger partial charge in [0.2, 0.25) is 6.10 Å². The lowest BCUT2D eigenvalue weighted by Crippen LogP contribution is -2.36. The summed E-state index contributed by atoms with van der Waals surface area (Å²) in [6, 6.07) is 3.04. The van der Waals surface area contributed by atoms with Crippen LogP contribution in [0.25, 0.3) is 0 Å². The predicted octanol–water partition coefficient (Wildman–Crippen LogP) is 2.69. The average Bonchev–Trinajstić information content (AvgIpc) is 2.28. The summed E-state index contributed by atoms with van der Waals surface area (Å²) >= 11 is 0. The highest BCUT2D eigenvalue weighted by Gasteiger charge is 2.43. The van der Waals surface area contributed by atoms with Gasteiger partial charge in [-0.05, 0) is 18.6 Å². The number of hydrogen-bond acceptors (Lipinski definition) is 4. The summed E-state index contributed by atoms with van der Waals surface area (Å²) in [5.41, 5.74) is -0.185. The summed E-state index contributed by atoms with van der Waals surface area (Å²) in [4.78, 5) is 20.2. The van der Waals surface area contributed by atoms with Gasteiger partial charge in [0.15, 0.2) is 0 Å². The third kappa shape index (κ3) is 4.11. The van der Waals surface area contributed by atoms with Gasteiger partial charge >= 0.3 is 12.1 Å². The number of aliphatic carboxylic acids is 1. The molecule has 110 valence electrons. The van der Waals surface area contributed by atoms with Crippen LogP contribution in [0.1, 0.15) is 12.0 Å². The van der Waals surface area contributed by atoms with Gasteiger partial charge in [-0.15, -0.1) is 0 Å². The smallest absolute Gasteiger partial charge is 0.426 e. The summed E-state index contributed by atoms with van der Waals surface area (Å²) in [5, 5.41) is 18.9. The van der Waals surface area contributed by atoms with Gasteiger partial charge < -0.3 is 9.84 Å². The van der Waals surface area contributed by atoms with Gasteiger partial charge in [-0.25, -0.2) is 0 Å². The van der Waals surface area contributed by atoms with Crippen molar-refractivity contribution < 1.29 is 32.7 Å². The Hall–Kier alpha value is -2.32. The molecular weight excluding hydrogens is 283 g/mol. The molecule has 1 aromatic carbocycles. The maximum Gasteiger partial charge on any atom is 0.426 e. The minimum atomic E-state index is -4.85. The van der Waals surface area contributed by atoms with Crippen molar-refractivity contribution in [3.8, 4) is 5.75 Å². The van der Waals surface area contributed by atoms with Crippen LogP contribution < -0.4 is 4.74 Å². The van der Waals surface area contributed by atoms with Crippen molar-refractivity contribution in [3.05, 3.63) is 33.9 Å². The van der Waals surface area contributed by atoms with E-state index in [9.17, 15) is 28.1 Å². The number of carboxylic acids is 1. The summed E-state index contributed by atoms with van der Waals surface area (Å²) in [6.45, 7) is 1.33. The lowest BCUT2D eigenvalue weighted by Gasteiger charge is -2.21. The Kier molecular flexibility index (Phi) is 4.53. The van der Waals surface area contributed by atoms with Gasteiger partial charge in [-0.3, -0.25) is 14.9 Å². The molecule has 0 fully saturated rings. The third-order valence-corrected chi connectivity index (χ3v) is 2.36. The quantitative estimate of drug-likeness (QED) is 0.666. The van der Waals surface area contributed by atoms with Crippen LogP contribution in [-0.2, 0) is 4.79 Å². The van der Waals surface area contributed by atoms with E-state index in [2.05, 4.69) is 4.74 Å². The van der Waals surface area contributed by atoms with Crippen LogP contribution in [0, 0.1) is 17.0 Å². The van der Waals surface area contributed by atoms with E-state index in [1.165, 1.54) is 6.92 Å². The van der Waals surface area contributed by atoms with Crippen LogP contribution in [0.5, 0.6) is 5.75 Å². The second kappa shape index (κ2) is 5.76. The third-order valence-electron chi connectivity index (χ3n) is 2.36. The molecule has 1 unspecified atom stereocenters. The van der Waals surface area contributed by atoms with Crippen LogP contribution >= 0.6 is 0 Å². The molecule has 0 heterocycles. The molecule has 9 heteroatoms. The summed E-state index contributed by atoms with van der Waals surface area (Å²) in [6.07, 6.45) is -8.62. The number of nitro groups is 1. The van der Waals surface area contributed by atoms with Gasteiger partial charge in [0.25, 0.3) is 5.69 Å². The second-order valence-electron chi connectivity index (χ2n) is 3.95. The molecule has 0 saturated carbocycles. The molecule has 0 amide bonds.